The normalized spacial score (nSPS) is 12.1. The number of sulfonamides is 1. The lowest BCUT2D eigenvalue weighted by molar-refractivity contribution is 0.0527. The Morgan fingerprint density at radius 1 is 0.935 bits per heavy atom. The summed E-state index contributed by atoms with van der Waals surface area (Å²) < 4.78 is 77.6. The minimum Gasteiger partial charge on any atom is -0.444 e. The Bertz CT molecular complexity index is 1820. The Morgan fingerprint density at radius 3 is 2.26 bits per heavy atom. The summed E-state index contributed by atoms with van der Waals surface area (Å²) in [5.41, 5.74) is -0.940. The van der Waals surface area contributed by atoms with Gasteiger partial charge in [0, 0.05) is 30.3 Å². The molecule has 4 aromatic rings. The molecule has 246 valence electrons. The van der Waals surface area contributed by atoms with Crippen LogP contribution in [0.3, 0.4) is 0 Å². The van der Waals surface area contributed by atoms with Gasteiger partial charge in [-0.3, -0.25) is 4.72 Å². The maximum absolute atomic E-state index is 16.0. The van der Waals surface area contributed by atoms with Gasteiger partial charge in [-0.05, 0) is 57.5 Å². The van der Waals surface area contributed by atoms with E-state index in [-0.39, 0.29) is 11.3 Å². The van der Waals surface area contributed by atoms with Gasteiger partial charge < -0.3 is 15.4 Å². The molecule has 0 spiro atoms. The van der Waals surface area contributed by atoms with Gasteiger partial charge in [0.2, 0.25) is 5.95 Å². The zero-order chi connectivity index (χ0) is 33.9. The fourth-order valence-electron chi connectivity index (χ4n) is 4.09. The van der Waals surface area contributed by atoms with Gasteiger partial charge in [0.05, 0.1) is 27.0 Å². The molecule has 0 aliphatic heterocycles. The molecular formula is C31H35F3N6O4S2. The minimum atomic E-state index is -4.83. The fraction of sp³-hybridized carbons (Fsp3) is 0.355. The van der Waals surface area contributed by atoms with Crippen LogP contribution in [-0.2, 0) is 20.2 Å². The van der Waals surface area contributed by atoms with Crippen molar-refractivity contribution in [1.82, 2.24) is 20.3 Å². The molecule has 10 nitrogen and oxygen atoms in total. The molecule has 1 amide bonds. The average molecular weight is 677 g/mol. The first-order chi connectivity index (χ1) is 21.5. The van der Waals surface area contributed by atoms with Crippen molar-refractivity contribution in [2.45, 2.75) is 63.9 Å². The Hall–Kier alpha value is -4.24. The van der Waals surface area contributed by atoms with Crippen molar-refractivity contribution < 1.29 is 31.1 Å². The molecule has 0 radical (unpaired) electrons. The van der Waals surface area contributed by atoms with E-state index in [4.69, 9.17) is 9.72 Å². The molecule has 0 unspecified atom stereocenters. The molecule has 4 rings (SSSR count). The van der Waals surface area contributed by atoms with E-state index < -0.39 is 55.2 Å². The highest BCUT2D eigenvalue weighted by Gasteiger charge is 2.28. The lowest BCUT2D eigenvalue weighted by Crippen LogP contribution is -2.33. The number of nitrogens with zero attached hydrogens (tertiary/aromatic N) is 3. The van der Waals surface area contributed by atoms with E-state index in [0.717, 1.165) is 24.3 Å². The highest BCUT2D eigenvalue weighted by atomic mass is 32.2. The molecule has 3 N–H and O–H groups in total. The van der Waals surface area contributed by atoms with Gasteiger partial charge in [0.25, 0.3) is 10.0 Å². The molecular weight excluding hydrogens is 642 g/mol. The number of nitrogens with one attached hydrogen (secondary N) is 3. The molecule has 2 heterocycles. The fourth-order valence-corrected chi connectivity index (χ4v) is 6.40. The van der Waals surface area contributed by atoms with Crippen molar-refractivity contribution in [2.24, 2.45) is 0 Å². The predicted molar refractivity (Wildman–Crippen MR) is 172 cm³/mol. The van der Waals surface area contributed by atoms with Gasteiger partial charge in [0.1, 0.15) is 17.2 Å². The van der Waals surface area contributed by atoms with Crippen molar-refractivity contribution in [3.63, 3.8) is 0 Å². The predicted octanol–water partition coefficient (Wildman–Crippen LogP) is 7.11. The monoisotopic (exact) mass is 676 g/mol. The molecule has 2 aromatic carbocycles. The number of hydrogen-bond donors (Lipinski definition) is 3. The van der Waals surface area contributed by atoms with E-state index >= 15 is 4.39 Å². The number of hydrogen-bond acceptors (Lipinski definition) is 9. The summed E-state index contributed by atoms with van der Waals surface area (Å²) in [6.07, 6.45) is 1.58. The van der Waals surface area contributed by atoms with Crippen LogP contribution in [0.15, 0.2) is 53.6 Å². The Balaban J connectivity index is 1.61. The van der Waals surface area contributed by atoms with Crippen molar-refractivity contribution in [3.05, 3.63) is 71.1 Å². The van der Waals surface area contributed by atoms with Crippen molar-refractivity contribution in [1.29, 1.82) is 0 Å². The first-order valence-corrected chi connectivity index (χ1v) is 16.6. The van der Waals surface area contributed by atoms with Crippen LogP contribution >= 0.6 is 11.3 Å². The first kappa shape index (κ1) is 34.6. The van der Waals surface area contributed by atoms with Crippen LogP contribution in [0.4, 0.5) is 29.6 Å². The summed E-state index contributed by atoms with van der Waals surface area (Å²) in [5.74, 6) is -3.32. The zero-order valence-corrected chi connectivity index (χ0v) is 27.8. The Morgan fingerprint density at radius 2 is 1.61 bits per heavy atom. The summed E-state index contributed by atoms with van der Waals surface area (Å²) >= 11 is 1.30. The summed E-state index contributed by atoms with van der Waals surface area (Å²) in [6, 6.07) is 8.25. The van der Waals surface area contributed by atoms with Crippen molar-refractivity contribution >= 4 is 39.1 Å². The smallest absolute Gasteiger partial charge is 0.407 e. The van der Waals surface area contributed by atoms with Crippen molar-refractivity contribution in [2.75, 3.05) is 23.1 Å². The van der Waals surface area contributed by atoms with Crippen LogP contribution < -0.4 is 15.4 Å². The molecule has 0 saturated carbocycles. The molecule has 0 aliphatic carbocycles. The third-order valence-corrected chi connectivity index (χ3v) is 9.07. The van der Waals surface area contributed by atoms with Crippen LogP contribution in [0, 0.1) is 17.5 Å². The van der Waals surface area contributed by atoms with Gasteiger partial charge in [0.15, 0.2) is 10.7 Å². The maximum Gasteiger partial charge on any atom is 0.407 e. The van der Waals surface area contributed by atoms with Gasteiger partial charge >= 0.3 is 6.09 Å². The molecule has 0 aliphatic rings. The molecule has 0 atom stereocenters. The maximum atomic E-state index is 16.0. The summed E-state index contributed by atoms with van der Waals surface area (Å²) in [7, 11) is -4.83. The van der Waals surface area contributed by atoms with Crippen LogP contribution in [-0.4, -0.2) is 48.2 Å². The van der Waals surface area contributed by atoms with Gasteiger partial charge in [-0.2, -0.15) is 0 Å². The second-order valence-corrected chi connectivity index (χ2v) is 14.9. The quantitative estimate of drug-likeness (QED) is 0.151. The lowest BCUT2D eigenvalue weighted by atomic mass is 9.98. The van der Waals surface area contributed by atoms with Crippen LogP contribution in [0.25, 0.3) is 21.8 Å². The lowest BCUT2D eigenvalue weighted by Gasteiger charge is -2.19. The molecule has 2 aromatic heterocycles. The number of alkyl carbamates (subject to hydrolysis) is 1. The molecule has 46 heavy (non-hydrogen) atoms. The topological polar surface area (TPSA) is 135 Å². The van der Waals surface area contributed by atoms with E-state index in [1.165, 1.54) is 29.7 Å². The van der Waals surface area contributed by atoms with Crippen LogP contribution in [0.1, 0.15) is 53.0 Å². The first-order valence-electron chi connectivity index (χ1n) is 14.3. The van der Waals surface area contributed by atoms with Crippen LogP contribution in [0.5, 0.6) is 0 Å². The van der Waals surface area contributed by atoms with Gasteiger partial charge in [-0.1, -0.05) is 32.9 Å². The van der Waals surface area contributed by atoms with E-state index in [0.29, 0.717) is 41.0 Å². The van der Waals surface area contributed by atoms with Crippen molar-refractivity contribution in [3.8, 4) is 21.8 Å². The number of ether oxygens (including phenoxy) is 1. The molecule has 0 saturated heterocycles. The number of benzene rings is 2. The number of carbonyl (C=O) groups excluding carboxylic acids is 1. The second-order valence-electron chi connectivity index (χ2n) is 12.2. The molecule has 0 fully saturated rings. The highest BCUT2D eigenvalue weighted by molar-refractivity contribution is 7.92. The standard InChI is InChI=1S/C31H35F3N6O4S2/c1-30(2,3)27-39-24(18-10-7-13-21(23(18)34)40-46(42,43)26-19(32)11-8-12-20(26)33)25(45-27)22-14-17-36-28(38-22)35-15-9-16-37-29(41)44-31(4,5)6/h7-8,10-14,17,40H,9,15-16H2,1-6H3,(H,37,41)(H,35,36,38). The second kappa shape index (κ2) is 13.6. The molecule has 0 bridgehead atoms. The summed E-state index contributed by atoms with van der Waals surface area (Å²) in [5, 5.41) is 6.45. The van der Waals surface area contributed by atoms with Gasteiger partial charge in [-0.15, -0.1) is 11.3 Å². The minimum absolute atomic E-state index is 0.0442. The summed E-state index contributed by atoms with van der Waals surface area (Å²) in [4.78, 5) is 24.7. The average Bonchev–Trinajstić information content (AvgIpc) is 3.39. The SMILES string of the molecule is CC(C)(C)OC(=O)NCCCNc1nccc(-c2sc(C(C)(C)C)nc2-c2cccc(NS(=O)(=O)c3c(F)cccc3F)c2F)n1. The number of carbonyl (C=O) groups is 1. The zero-order valence-electron chi connectivity index (χ0n) is 26.2. The number of aromatic nitrogens is 3. The molecule has 15 heteroatoms. The largest absolute Gasteiger partial charge is 0.444 e. The summed E-state index contributed by atoms with van der Waals surface area (Å²) in [6.45, 7) is 12.0. The van der Waals surface area contributed by atoms with E-state index in [9.17, 15) is 22.0 Å². The third-order valence-electron chi connectivity index (χ3n) is 6.15. The number of halogens is 3. The Kier molecular flexibility index (Phi) is 10.3. The van der Waals surface area contributed by atoms with E-state index in [1.54, 1.807) is 26.8 Å². The number of anilines is 2. The number of rotatable bonds is 10. The van der Waals surface area contributed by atoms with E-state index in [2.05, 4.69) is 20.6 Å². The highest BCUT2D eigenvalue weighted by Crippen LogP contribution is 2.42. The Labute approximate surface area is 269 Å². The van der Waals surface area contributed by atoms with E-state index in [1.807, 2.05) is 25.5 Å². The number of thiazole rings is 1. The third kappa shape index (κ3) is 8.51. The van der Waals surface area contributed by atoms with Gasteiger partial charge in [-0.25, -0.2) is 41.3 Å². The number of amides is 1. The van der Waals surface area contributed by atoms with Crippen LogP contribution in [0.2, 0.25) is 0 Å².